The fraction of sp³-hybridized carbons (Fsp3) is 0. The van der Waals surface area contributed by atoms with Gasteiger partial charge in [0.1, 0.15) is 5.82 Å². The molecule has 0 aliphatic rings. The summed E-state index contributed by atoms with van der Waals surface area (Å²) >= 11 is 10.9. The highest BCUT2D eigenvalue weighted by Crippen LogP contribution is 2.18. The van der Waals surface area contributed by atoms with Crippen molar-refractivity contribution < 1.29 is 0 Å². The first-order valence-corrected chi connectivity index (χ1v) is 2.90. The minimum atomic E-state index is 0.172. The lowest BCUT2D eigenvalue weighted by molar-refractivity contribution is 1.04. The number of nitrogens with zero attached hydrogens (tertiary/aromatic N) is 2. The Labute approximate surface area is 61.8 Å². The van der Waals surface area contributed by atoms with Crippen molar-refractivity contribution in [2.75, 3.05) is 5.73 Å². The molecule has 0 atom stereocenters. The zero-order chi connectivity index (χ0) is 6.85. The molecule has 0 amide bonds. The van der Waals surface area contributed by atoms with Crippen molar-refractivity contribution in [3.05, 3.63) is 16.2 Å². The van der Waals surface area contributed by atoms with E-state index in [2.05, 4.69) is 10.2 Å². The molecule has 1 rings (SSSR count). The van der Waals surface area contributed by atoms with E-state index >= 15 is 0 Å². The van der Waals surface area contributed by atoms with Crippen LogP contribution in [0.4, 0.5) is 5.82 Å². The maximum absolute atomic E-state index is 5.50. The van der Waals surface area contributed by atoms with Crippen LogP contribution in [0, 0.1) is 0 Å². The van der Waals surface area contributed by atoms with Gasteiger partial charge in [0.25, 0.3) is 0 Å². The molecule has 0 unspecified atom stereocenters. The van der Waals surface area contributed by atoms with E-state index in [4.69, 9.17) is 28.9 Å². The second-order valence-corrected chi connectivity index (χ2v) is 2.17. The molecule has 0 spiro atoms. The zero-order valence-corrected chi connectivity index (χ0v) is 5.82. The topological polar surface area (TPSA) is 51.8 Å². The maximum Gasteiger partial charge on any atom is 0.170 e. The van der Waals surface area contributed by atoms with Gasteiger partial charge in [-0.05, 0) is 0 Å². The van der Waals surface area contributed by atoms with Gasteiger partial charge in [0.15, 0.2) is 5.15 Å². The van der Waals surface area contributed by atoms with Crippen molar-refractivity contribution in [3.8, 4) is 0 Å². The average molecular weight is 164 g/mol. The summed E-state index contributed by atoms with van der Waals surface area (Å²) < 4.78 is 0. The third-order valence-electron chi connectivity index (χ3n) is 0.725. The molecule has 5 heteroatoms. The minimum Gasteiger partial charge on any atom is -0.382 e. The molecular formula is C4H3Cl2N3. The Morgan fingerprint density at radius 3 is 2.44 bits per heavy atom. The van der Waals surface area contributed by atoms with Crippen molar-refractivity contribution in [1.82, 2.24) is 10.2 Å². The molecule has 0 saturated carbocycles. The number of nitrogens with two attached hydrogens (primary N) is 1. The van der Waals surface area contributed by atoms with Crippen LogP contribution in [0.5, 0.6) is 0 Å². The number of aromatic nitrogens is 2. The summed E-state index contributed by atoms with van der Waals surface area (Å²) in [6.45, 7) is 0. The smallest absolute Gasteiger partial charge is 0.170 e. The van der Waals surface area contributed by atoms with E-state index in [-0.39, 0.29) is 11.0 Å². The summed E-state index contributed by atoms with van der Waals surface area (Å²) in [5.74, 6) is 0.268. The highest BCUT2D eigenvalue weighted by molar-refractivity contribution is 6.41. The molecule has 0 fully saturated rings. The van der Waals surface area contributed by atoms with Crippen LogP contribution in [0.15, 0.2) is 6.07 Å². The highest BCUT2D eigenvalue weighted by Gasteiger charge is 1.97. The highest BCUT2D eigenvalue weighted by atomic mass is 35.5. The van der Waals surface area contributed by atoms with Crippen molar-refractivity contribution in [3.63, 3.8) is 0 Å². The molecular weight excluding hydrogens is 161 g/mol. The molecule has 0 radical (unpaired) electrons. The lowest BCUT2D eigenvalue weighted by Gasteiger charge is -1.91. The first-order chi connectivity index (χ1) is 4.20. The number of hydrogen-bond donors (Lipinski definition) is 1. The van der Waals surface area contributed by atoms with Crippen LogP contribution in [-0.2, 0) is 0 Å². The monoisotopic (exact) mass is 163 g/mol. The summed E-state index contributed by atoms with van der Waals surface area (Å²) in [4.78, 5) is 0. The van der Waals surface area contributed by atoms with Crippen molar-refractivity contribution in [2.45, 2.75) is 0 Å². The molecule has 0 bridgehead atoms. The Balaban J connectivity index is 3.17. The summed E-state index contributed by atoms with van der Waals surface area (Å²) in [6, 6.07) is 1.44. The van der Waals surface area contributed by atoms with Crippen LogP contribution in [-0.4, -0.2) is 10.2 Å². The molecule has 2 N–H and O–H groups in total. The molecule has 0 aliphatic heterocycles. The Bertz CT molecular complexity index is 225. The van der Waals surface area contributed by atoms with Gasteiger partial charge in [0.05, 0.1) is 5.02 Å². The third kappa shape index (κ3) is 1.43. The molecule has 1 heterocycles. The number of rotatable bonds is 0. The second kappa shape index (κ2) is 2.37. The van der Waals surface area contributed by atoms with Gasteiger partial charge >= 0.3 is 0 Å². The predicted molar refractivity (Wildman–Crippen MR) is 36.5 cm³/mol. The Morgan fingerprint density at radius 2 is 2.00 bits per heavy atom. The van der Waals surface area contributed by atoms with E-state index < -0.39 is 0 Å². The van der Waals surface area contributed by atoms with Gasteiger partial charge in [-0.2, -0.15) is 0 Å². The van der Waals surface area contributed by atoms with Crippen LogP contribution in [0.2, 0.25) is 10.2 Å². The fourth-order valence-electron chi connectivity index (χ4n) is 0.368. The van der Waals surface area contributed by atoms with Gasteiger partial charge in [-0.25, -0.2) is 0 Å². The van der Waals surface area contributed by atoms with E-state index in [1.165, 1.54) is 6.07 Å². The van der Waals surface area contributed by atoms with E-state index in [0.717, 1.165) is 0 Å². The van der Waals surface area contributed by atoms with Crippen LogP contribution >= 0.6 is 23.2 Å². The quantitative estimate of drug-likeness (QED) is 0.629. The third-order valence-corrected chi connectivity index (χ3v) is 1.39. The second-order valence-electron chi connectivity index (χ2n) is 1.41. The standard InChI is InChI=1S/C4H3Cl2N3/c5-2-1-3(7)8-9-4(2)6/h1H,(H2,7,8). The predicted octanol–water partition coefficient (Wildman–Crippen LogP) is 1.37. The molecule has 0 saturated heterocycles. The molecule has 0 aromatic carbocycles. The minimum absolute atomic E-state index is 0.172. The van der Waals surface area contributed by atoms with Crippen LogP contribution in [0.25, 0.3) is 0 Å². The Hall–Kier alpha value is -0.540. The van der Waals surface area contributed by atoms with E-state index in [1.807, 2.05) is 0 Å². The van der Waals surface area contributed by atoms with E-state index in [0.29, 0.717) is 5.02 Å². The summed E-state index contributed by atoms with van der Waals surface area (Å²) in [5.41, 5.74) is 5.21. The van der Waals surface area contributed by atoms with Crippen LogP contribution in [0.3, 0.4) is 0 Å². The number of anilines is 1. The van der Waals surface area contributed by atoms with Gasteiger partial charge in [-0.15, -0.1) is 10.2 Å². The summed E-state index contributed by atoms with van der Waals surface area (Å²) in [7, 11) is 0. The van der Waals surface area contributed by atoms with Gasteiger partial charge in [0.2, 0.25) is 0 Å². The van der Waals surface area contributed by atoms with Crippen molar-refractivity contribution in [1.29, 1.82) is 0 Å². The van der Waals surface area contributed by atoms with E-state index in [1.54, 1.807) is 0 Å². The van der Waals surface area contributed by atoms with Crippen molar-refractivity contribution in [2.24, 2.45) is 0 Å². The average Bonchev–Trinajstić information content (AvgIpc) is 1.80. The fourth-order valence-corrected chi connectivity index (χ4v) is 0.610. The zero-order valence-electron chi connectivity index (χ0n) is 4.31. The molecule has 48 valence electrons. The van der Waals surface area contributed by atoms with Crippen molar-refractivity contribution >= 4 is 29.0 Å². The number of hydrogen-bond acceptors (Lipinski definition) is 3. The molecule has 1 aromatic heterocycles. The molecule has 0 aliphatic carbocycles. The van der Waals surface area contributed by atoms with Crippen LogP contribution < -0.4 is 5.73 Å². The lowest BCUT2D eigenvalue weighted by atomic mass is 10.5. The number of halogens is 2. The normalized spacial score (nSPS) is 9.56. The maximum atomic E-state index is 5.50. The SMILES string of the molecule is Nc1cc(Cl)c(Cl)nn1. The van der Waals surface area contributed by atoms with Gasteiger partial charge < -0.3 is 5.73 Å². The lowest BCUT2D eigenvalue weighted by Crippen LogP contribution is -1.92. The first kappa shape index (κ1) is 6.58. The van der Waals surface area contributed by atoms with Gasteiger partial charge in [-0.3, -0.25) is 0 Å². The Morgan fingerprint density at radius 1 is 1.33 bits per heavy atom. The van der Waals surface area contributed by atoms with E-state index in [9.17, 15) is 0 Å². The largest absolute Gasteiger partial charge is 0.382 e. The van der Waals surface area contributed by atoms with Gasteiger partial charge in [0, 0.05) is 6.07 Å². The summed E-state index contributed by atoms with van der Waals surface area (Å²) in [6.07, 6.45) is 0. The van der Waals surface area contributed by atoms with Crippen LogP contribution in [0.1, 0.15) is 0 Å². The molecule has 9 heavy (non-hydrogen) atoms. The number of nitrogen functional groups attached to an aromatic ring is 1. The summed E-state index contributed by atoms with van der Waals surface area (Å²) in [5, 5.41) is 7.38. The molecule has 3 nitrogen and oxygen atoms in total. The molecule has 1 aromatic rings. The van der Waals surface area contributed by atoms with Gasteiger partial charge in [-0.1, -0.05) is 23.2 Å². The Kier molecular flexibility index (Phi) is 1.73. The first-order valence-electron chi connectivity index (χ1n) is 2.14.